The minimum Gasteiger partial charge on any atom is -0.326 e. The summed E-state index contributed by atoms with van der Waals surface area (Å²) in [4.78, 5) is 12.0. The summed E-state index contributed by atoms with van der Waals surface area (Å²) < 4.78 is 0. The second-order valence-corrected chi connectivity index (χ2v) is 5.32. The monoisotopic (exact) mass is 311 g/mol. The fourth-order valence-corrected chi connectivity index (χ4v) is 2.34. The number of hydrogen-bond acceptors (Lipinski definition) is 2. The molecular formula is C17H14ClN3O. The summed E-state index contributed by atoms with van der Waals surface area (Å²) >= 11 is 5.97. The van der Waals surface area contributed by atoms with Gasteiger partial charge in [-0.05, 0) is 30.3 Å². The molecule has 4 nitrogen and oxygen atoms in total. The van der Waals surface area contributed by atoms with E-state index in [1.54, 1.807) is 0 Å². The van der Waals surface area contributed by atoms with Gasteiger partial charge in [-0.1, -0.05) is 41.9 Å². The predicted molar refractivity (Wildman–Crippen MR) is 87.8 cm³/mol. The number of amides is 1. The number of carbonyl (C=O) groups excluding carboxylic acids is 1. The summed E-state index contributed by atoms with van der Waals surface area (Å²) in [6.45, 7) is 0. The molecule has 1 amide bonds. The Balaban J connectivity index is 1.68. The van der Waals surface area contributed by atoms with E-state index in [1.807, 2.05) is 60.7 Å². The zero-order valence-electron chi connectivity index (χ0n) is 11.7. The molecule has 0 bridgehead atoms. The normalized spacial score (nSPS) is 10.4. The highest BCUT2D eigenvalue weighted by molar-refractivity contribution is 6.30. The van der Waals surface area contributed by atoms with Crippen LogP contribution in [0.15, 0.2) is 60.7 Å². The van der Waals surface area contributed by atoms with E-state index in [0.717, 1.165) is 22.6 Å². The van der Waals surface area contributed by atoms with E-state index in [2.05, 4.69) is 15.5 Å². The number of anilines is 1. The molecule has 1 aromatic heterocycles. The minimum atomic E-state index is -0.0903. The van der Waals surface area contributed by atoms with Crippen LogP contribution in [0.1, 0.15) is 5.69 Å². The second-order valence-electron chi connectivity index (χ2n) is 4.88. The SMILES string of the molecule is O=C(Cc1cc(-c2cccc(Cl)c2)n[nH]1)Nc1ccccc1. The first-order valence-corrected chi connectivity index (χ1v) is 7.23. The van der Waals surface area contributed by atoms with E-state index in [1.165, 1.54) is 0 Å². The first-order valence-electron chi connectivity index (χ1n) is 6.86. The molecule has 0 spiro atoms. The van der Waals surface area contributed by atoms with Gasteiger partial charge in [0.05, 0.1) is 12.1 Å². The lowest BCUT2D eigenvalue weighted by Gasteiger charge is -2.03. The quantitative estimate of drug-likeness (QED) is 0.767. The van der Waals surface area contributed by atoms with E-state index in [0.29, 0.717) is 5.02 Å². The fraction of sp³-hybridized carbons (Fsp3) is 0.0588. The number of nitrogens with zero attached hydrogens (tertiary/aromatic N) is 1. The molecular weight excluding hydrogens is 298 g/mol. The van der Waals surface area contributed by atoms with Crippen LogP contribution in [0.3, 0.4) is 0 Å². The number of hydrogen-bond donors (Lipinski definition) is 2. The summed E-state index contributed by atoms with van der Waals surface area (Å²) in [5.41, 5.74) is 3.22. The van der Waals surface area contributed by atoms with Crippen molar-refractivity contribution in [2.75, 3.05) is 5.32 Å². The van der Waals surface area contributed by atoms with E-state index in [-0.39, 0.29) is 12.3 Å². The lowest BCUT2D eigenvalue weighted by atomic mass is 10.1. The van der Waals surface area contributed by atoms with Crippen LogP contribution in [-0.4, -0.2) is 16.1 Å². The molecule has 3 aromatic rings. The Morgan fingerprint density at radius 1 is 1.09 bits per heavy atom. The Morgan fingerprint density at radius 2 is 1.91 bits per heavy atom. The van der Waals surface area contributed by atoms with Crippen molar-refractivity contribution in [3.63, 3.8) is 0 Å². The number of nitrogens with one attached hydrogen (secondary N) is 2. The number of carbonyl (C=O) groups is 1. The van der Waals surface area contributed by atoms with Gasteiger partial charge in [0, 0.05) is 22.0 Å². The van der Waals surface area contributed by atoms with Crippen molar-refractivity contribution in [1.29, 1.82) is 0 Å². The molecule has 5 heteroatoms. The molecule has 0 saturated carbocycles. The first-order chi connectivity index (χ1) is 10.7. The van der Waals surface area contributed by atoms with E-state index < -0.39 is 0 Å². The van der Waals surface area contributed by atoms with Crippen LogP contribution in [0.5, 0.6) is 0 Å². The summed E-state index contributed by atoms with van der Waals surface area (Å²) in [5.74, 6) is -0.0903. The molecule has 22 heavy (non-hydrogen) atoms. The molecule has 2 N–H and O–H groups in total. The maximum atomic E-state index is 12.0. The van der Waals surface area contributed by atoms with Crippen LogP contribution in [0.2, 0.25) is 5.02 Å². The van der Waals surface area contributed by atoms with Gasteiger partial charge < -0.3 is 5.32 Å². The molecule has 0 fully saturated rings. The van der Waals surface area contributed by atoms with Gasteiger partial charge >= 0.3 is 0 Å². The van der Waals surface area contributed by atoms with Gasteiger partial charge in [-0.3, -0.25) is 9.89 Å². The van der Waals surface area contributed by atoms with Crippen LogP contribution < -0.4 is 5.32 Å². The standard InChI is InChI=1S/C17H14ClN3O/c18-13-6-4-5-12(9-13)16-10-15(20-21-16)11-17(22)19-14-7-2-1-3-8-14/h1-10H,11H2,(H,19,22)(H,20,21). The van der Waals surface area contributed by atoms with Crippen molar-refractivity contribution >= 4 is 23.2 Å². The molecule has 0 aliphatic rings. The third-order valence-electron chi connectivity index (χ3n) is 3.16. The van der Waals surface area contributed by atoms with Crippen molar-refractivity contribution in [2.24, 2.45) is 0 Å². The van der Waals surface area contributed by atoms with Crippen molar-refractivity contribution < 1.29 is 4.79 Å². The number of H-pyrrole nitrogens is 1. The molecule has 0 radical (unpaired) electrons. The molecule has 0 unspecified atom stereocenters. The largest absolute Gasteiger partial charge is 0.326 e. The van der Waals surface area contributed by atoms with Crippen LogP contribution in [-0.2, 0) is 11.2 Å². The van der Waals surface area contributed by atoms with Gasteiger partial charge in [0.15, 0.2) is 0 Å². The van der Waals surface area contributed by atoms with E-state index in [4.69, 9.17) is 11.6 Å². The third kappa shape index (κ3) is 3.54. The zero-order chi connectivity index (χ0) is 15.4. The Morgan fingerprint density at radius 3 is 2.68 bits per heavy atom. The number of aromatic amines is 1. The maximum absolute atomic E-state index is 12.0. The van der Waals surface area contributed by atoms with Gasteiger partial charge in [0.1, 0.15) is 0 Å². The topological polar surface area (TPSA) is 57.8 Å². The molecule has 0 saturated heterocycles. The van der Waals surface area contributed by atoms with Crippen molar-refractivity contribution in [3.05, 3.63) is 71.4 Å². The zero-order valence-corrected chi connectivity index (χ0v) is 12.5. The van der Waals surface area contributed by atoms with Gasteiger partial charge in [0.2, 0.25) is 5.91 Å². The lowest BCUT2D eigenvalue weighted by molar-refractivity contribution is -0.115. The molecule has 3 rings (SSSR count). The fourth-order valence-electron chi connectivity index (χ4n) is 2.15. The molecule has 110 valence electrons. The Hall–Kier alpha value is -2.59. The Labute approximate surface area is 133 Å². The Bertz CT molecular complexity index is 783. The van der Waals surface area contributed by atoms with Crippen LogP contribution in [0, 0.1) is 0 Å². The van der Waals surface area contributed by atoms with Crippen LogP contribution in [0.4, 0.5) is 5.69 Å². The highest BCUT2D eigenvalue weighted by Crippen LogP contribution is 2.21. The molecule has 0 aliphatic carbocycles. The number of benzene rings is 2. The van der Waals surface area contributed by atoms with E-state index >= 15 is 0 Å². The second kappa shape index (κ2) is 6.45. The first kappa shape index (κ1) is 14.4. The van der Waals surface area contributed by atoms with Gasteiger partial charge in [0.25, 0.3) is 0 Å². The van der Waals surface area contributed by atoms with Crippen molar-refractivity contribution in [1.82, 2.24) is 10.2 Å². The minimum absolute atomic E-state index is 0.0903. The highest BCUT2D eigenvalue weighted by atomic mass is 35.5. The summed E-state index contributed by atoms with van der Waals surface area (Å²) in [6.07, 6.45) is 0.239. The number of para-hydroxylation sites is 1. The Kier molecular flexibility index (Phi) is 4.21. The summed E-state index contributed by atoms with van der Waals surface area (Å²) in [7, 11) is 0. The van der Waals surface area contributed by atoms with Gasteiger partial charge in [-0.15, -0.1) is 0 Å². The number of aromatic nitrogens is 2. The molecule has 2 aromatic carbocycles. The summed E-state index contributed by atoms with van der Waals surface area (Å²) in [5, 5.41) is 10.6. The molecule has 0 atom stereocenters. The maximum Gasteiger partial charge on any atom is 0.230 e. The lowest BCUT2D eigenvalue weighted by Crippen LogP contribution is -2.14. The van der Waals surface area contributed by atoms with Crippen molar-refractivity contribution in [2.45, 2.75) is 6.42 Å². The highest BCUT2D eigenvalue weighted by Gasteiger charge is 2.09. The average Bonchev–Trinajstić information content (AvgIpc) is 2.96. The predicted octanol–water partition coefficient (Wildman–Crippen LogP) is 3.91. The van der Waals surface area contributed by atoms with Gasteiger partial charge in [-0.25, -0.2) is 0 Å². The number of rotatable bonds is 4. The third-order valence-corrected chi connectivity index (χ3v) is 3.39. The van der Waals surface area contributed by atoms with Gasteiger partial charge in [-0.2, -0.15) is 5.10 Å². The molecule has 1 heterocycles. The van der Waals surface area contributed by atoms with Crippen molar-refractivity contribution in [3.8, 4) is 11.3 Å². The average molecular weight is 312 g/mol. The number of halogens is 1. The van der Waals surface area contributed by atoms with E-state index in [9.17, 15) is 4.79 Å². The van der Waals surface area contributed by atoms with Crippen LogP contribution in [0.25, 0.3) is 11.3 Å². The van der Waals surface area contributed by atoms with Crippen LogP contribution >= 0.6 is 11.6 Å². The smallest absolute Gasteiger partial charge is 0.230 e. The molecule has 0 aliphatic heterocycles. The summed E-state index contributed by atoms with van der Waals surface area (Å²) in [6, 6.07) is 18.7.